The van der Waals surface area contributed by atoms with E-state index in [2.05, 4.69) is 10.0 Å². The maximum Gasteiger partial charge on any atom is 0.262 e. The second-order valence-electron chi connectivity index (χ2n) is 4.99. The molecule has 0 aromatic heterocycles. The molecule has 0 spiro atoms. The number of carbonyl (C=O) groups excluding carboxylic acids is 1. The molecule has 0 unspecified atom stereocenters. The molecule has 0 fully saturated rings. The molecule has 0 aliphatic rings. The Labute approximate surface area is 151 Å². The van der Waals surface area contributed by atoms with Gasteiger partial charge in [-0.25, -0.2) is 8.42 Å². The van der Waals surface area contributed by atoms with Crippen LogP contribution >= 0.6 is 11.6 Å². The molecule has 0 saturated carbocycles. The van der Waals surface area contributed by atoms with Gasteiger partial charge in [-0.3, -0.25) is 9.52 Å². The fourth-order valence-electron chi connectivity index (χ4n) is 2.05. The minimum absolute atomic E-state index is 0.0588. The molecule has 0 saturated heterocycles. The summed E-state index contributed by atoms with van der Waals surface area (Å²) >= 11 is 6.04. The Hall–Kier alpha value is -2.45. The number of hydrogen-bond acceptors (Lipinski definition) is 5. The van der Waals surface area contributed by atoms with E-state index in [1.165, 1.54) is 45.4 Å². The molecule has 0 bridgehead atoms. The number of ether oxygens (including phenoxy) is 2. The minimum atomic E-state index is -3.92. The van der Waals surface area contributed by atoms with Gasteiger partial charge in [0.1, 0.15) is 11.5 Å². The quantitative estimate of drug-likeness (QED) is 0.798. The molecule has 0 radical (unpaired) electrons. The highest BCUT2D eigenvalue weighted by Gasteiger charge is 2.19. The maximum absolute atomic E-state index is 12.6. The lowest BCUT2D eigenvalue weighted by molar-refractivity contribution is -0.114. The van der Waals surface area contributed by atoms with Gasteiger partial charge in [-0.15, -0.1) is 0 Å². The van der Waals surface area contributed by atoms with E-state index in [1.807, 2.05) is 0 Å². The summed E-state index contributed by atoms with van der Waals surface area (Å²) in [6, 6.07) is 8.75. The molecule has 0 heterocycles. The fraction of sp³-hybridized carbons (Fsp3) is 0.188. The highest BCUT2D eigenvalue weighted by molar-refractivity contribution is 7.92. The lowest BCUT2D eigenvalue weighted by Crippen LogP contribution is -2.14. The van der Waals surface area contributed by atoms with Crippen molar-refractivity contribution < 1.29 is 22.7 Å². The number of nitrogens with one attached hydrogen (secondary N) is 2. The first-order chi connectivity index (χ1) is 11.8. The Kier molecular flexibility index (Phi) is 5.76. The van der Waals surface area contributed by atoms with Crippen LogP contribution in [0.1, 0.15) is 6.92 Å². The molecule has 25 heavy (non-hydrogen) atoms. The first-order valence-electron chi connectivity index (χ1n) is 7.09. The lowest BCUT2D eigenvalue weighted by Gasteiger charge is -2.14. The molecule has 0 aliphatic heterocycles. The van der Waals surface area contributed by atoms with Crippen LogP contribution in [0.25, 0.3) is 0 Å². The van der Waals surface area contributed by atoms with Crippen molar-refractivity contribution in [3.63, 3.8) is 0 Å². The van der Waals surface area contributed by atoms with Gasteiger partial charge in [0.15, 0.2) is 0 Å². The Morgan fingerprint density at radius 1 is 1.04 bits per heavy atom. The van der Waals surface area contributed by atoms with Crippen LogP contribution in [0.4, 0.5) is 11.4 Å². The van der Waals surface area contributed by atoms with Gasteiger partial charge >= 0.3 is 0 Å². The molecule has 2 aromatic rings. The molecule has 7 nitrogen and oxygen atoms in total. The topological polar surface area (TPSA) is 93.7 Å². The normalized spacial score (nSPS) is 10.9. The van der Waals surface area contributed by atoms with E-state index in [9.17, 15) is 13.2 Å². The van der Waals surface area contributed by atoms with Crippen LogP contribution in [0.2, 0.25) is 5.02 Å². The molecule has 0 atom stereocenters. The van der Waals surface area contributed by atoms with Crippen LogP contribution in [-0.2, 0) is 14.8 Å². The van der Waals surface area contributed by atoms with Crippen molar-refractivity contribution in [2.75, 3.05) is 24.3 Å². The summed E-state index contributed by atoms with van der Waals surface area (Å²) in [6.07, 6.45) is 0. The molecule has 0 aliphatic carbocycles. The average Bonchev–Trinajstić information content (AvgIpc) is 2.55. The molecular weight excluding hydrogens is 368 g/mol. The summed E-state index contributed by atoms with van der Waals surface area (Å²) in [7, 11) is -1.02. The Balaban J connectivity index is 2.36. The van der Waals surface area contributed by atoms with Crippen molar-refractivity contribution in [2.24, 2.45) is 0 Å². The summed E-state index contributed by atoms with van der Waals surface area (Å²) in [6.45, 7) is 1.33. The molecule has 2 N–H and O–H groups in total. The number of rotatable bonds is 6. The minimum Gasteiger partial charge on any atom is -0.497 e. The van der Waals surface area contributed by atoms with E-state index in [0.717, 1.165) is 0 Å². The predicted octanol–water partition coefficient (Wildman–Crippen LogP) is 3.12. The van der Waals surface area contributed by atoms with E-state index >= 15 is 0 Å². The highest BCUT2D eigenvalue weighted by Crippen LogP contribution is 2.32. The Morgan fingerprint density at radius 2 is 1.76 bits per heavy atom. The van der Waals surface area contributed by atoms with E-state index in [1.54, 1.807) is 12.1 Å². The number of halogens is 1. The summed E-state index contributed by atoms with van der Waals surface area (Å²) < 4.78 is 37.9. The number of sulfonamides is 1. The van der Waals surface area contributed by atoms with Crippen molar-refractivity contribution in [3.05, 3.63) is 41.4 Å². The summed E-state index contributed by atoms with van der Waals surface area (Å²) in [4.78, 5) is 11.0. The lowest BCUT2D eigenvalue weighted by atomic mass is 10.3. The molecule has 134 valence electrons. The maximum atomic E-state index is 12.6. The van der Waals surface area contributed by atoms with Gasteiger partial charge in [-0.1, -0.05) is 11.6 Å². The van der Waals surface area contributed by atoms with E-state index < -0.39 is 10.0 Å². The van der Waals surface area contributed by atoms with Gasteiger partial charge in [0.25, 0.3) is 10.0 Å². The van der Waals surface area contributed by atoms with Crippen LogP contribution in [0.3, 0.4) is 0 Å². The van der Waals surface area contributed by atoms with Crippen molar-refractivity contribution in [1.82, 2.24) is 0 Å². The number of hydrogen-bond donors (Lipinski definition) is 2. The zero-order valence-corrected chi connectivity index (χ0v) is 15.4. The summed E-state index contributed by atoms with van der Waals surface area (Å²) in [5, 5.41) is 2.62. The smallest absolute Gasteiger partial charge is 0.262 e. The molecular formula is C16H17ClN2O5S. The molecule has 9 heteroatoms. The molecule has 1 amide bonds. The van der Waals surface area contributed by atoms with Gasteiger partial charge in [0.05, 0.1) is 35.5 Å². The zero-order chi connectivity index (χ0) is 18.6. The number of anilines is 2. The van der Waals surface area contributed by atoms with Gasteiger partial charge in [-0.2, -0.15) is 0 Å². The number of methoxy groups -OCH3 is 2. The van der Waals surface area contributed by atoms with E-state index in [0.29, 0.717) is 17.2 Å². The first kappa shape index (κ1) is 18.9. The van der Waals surface area contributed by atoms with Crippen molar-refractivity contribution in [2.45, 2.75) is 11.8 Å². The fourth-order valence-corrected chi connectivity index (χ4v) is 3.43. The predicted molar refractivity (Wildman–Crippen MR) is 96.1 cm³/mol. The monoisotopic (exact) mass is 384 g/mol. The number of amides is 1. The third-order valence-electron chi connectivity index (χ3n) is 3.21. The molecule has 2 rings (SSSR count). The molecule has 2 aromatic carbocycles. The SMILES string of the molecule is COc1ccc(OC)c(NS(=O)(=O)c2ccc(NC(C)=O)c(Cl)c2)c1. The van der Waals surface area contributed by atoms with Gasteiger partial charge in [-0.05, 0) is 30.3 Å². The van der Waals surface area contributed by atoms with Crippen molar-refractivity contribution in [1.29, 1.82) is 0 Å². The first-order valence-corrected chi connectivity index (χ1v) is 8.95. The van der Waals surface area contributed by atoms with Crippen LogP contribution in [0, 0.1) is 0 Å². The second-order valence-corrected chi connectivity index (χ2v) is 7.08. The highest BCUT2D eigenvalue weighted by atomic mass is 35.5. The van der Waals surface area contributed by atoms with Crippen LogP contribution in [0.15, 0.2) is 41.3 Å². The Bertz CT molecular complexity index is 899. The van der Waals surface area contributed by atoms with Crippen LogP contribution in [-0.4, -0.2) is 28.5 Å². The summed E-state index contributed by atoms with van der Waals surface area (Å²) in [5.74, 6) is 0.500. The zero-order valence-electron chi connectivity index (χ0n) is 13.8. The Morgan fingerprint density at radius 3 is 2.32 bits per heavy atom. The van der Waals surface area contributed by atoms with Crippen LogP contribution in [0.5, 0.6) is 11.5 Å². The van der Waals surface area contributed by atoms with Gasteiger partial charge in [0, 0.05) is 13.0 Å². The van der Waals surface area contributed by atoms with Crippen LogP contribution < -0.4 is 19.5 Å². The van der Waals surface area contributed by atoms with Gasteiger partial charge < -0.3 is 14.8 Å². The number of carbonyl (C=O) groups is 1. The largest absolute Gasteiger partial charge is 0.497 e. The standard InChI is InChI=1S/C16H17ClN2O5S/c1-10(20)18-14-6-5-12(9-13(14)17)25(21,22)19-15-8-11(23-2)4-7-16(15)24-3/h4-9,19H,1-3H3,(H,18,20). The van der Waals surface area contributed by atoms with Gasteiger partial charge in [0.2, 0.25) is 5.91 Å². The van der Waals surface area contributed by atoms with E-state index in [4.69, 9.17) is 21.1 Å². The average molecular weight is 385 g/mol. The van der Waals surface area contributed by atoms with Crippen molar-refractivity contribution in [3.8, 4) is 11.5 Å². The third-order valence-corrected chi connectivity index (χ3v) is 4.89. The van der Waals surface area contributed by atoms with E-state index in [-0.39, 0.29) is 21.5 Å². The third kappa shape index (κ3) is 4.55. The second kappa shape index (κ2) is 7.62. The summed E-state index contributed by atoms with van der Waals surface area (Å²) in [5.41, 5.74) is 0.552. The number of benzene rings is 2. The van der Waals surface area contributed by atoms with Crippen molar-refractivity contribution >= 4 is 38.9 Å².